The highest BCUT2D eigenvalue weighted by Gasteiger charge is 2.14. The number of aryl methyl sites for hydroxylation is 3. The number of anilines is 1. The third kappa shape index (κ3) is 2.20. The molecule has 0 aliphatic heterocycles. The molecule has 2 aromatic heterocycles. The van der Waals surface area contributed by atoms with Crippen LogP contribution in [0.2, 0.25) is 0 Å². The maximum absolute atomic E-state index is 11.9. The van der Waals surface area contributed by atoms with E-state index < -0.39 is 0 Å². The van der Waals surface area contributed by atoms with E-state index in [4.69, 9.17) is 5.73 Å². The molecule has 2 N–H and O–H groups in total. The maximum atomic E-state index is 11.9. The maximum Gasteiger partial charge on any atom is 0.168 e. The molecule has 0 unspecified atom stereocenters. The molecule has 0 spiro atoms. The quantitative estimate of drug-likeness (QED) is 0.782. The highest BCUT2D eigenvalue weighted by molar-refractivity contribution is 5.99. The molecule has 0 aliphatic rings. The Labute approximate surface area is 99.0 Å². The Bertz CT molecular complexity index is 540. The van der Waals surface area contributed by atoms with Crippen molar-refractivity contribution in [3.05, 3.63) is 29.7 Å². The van der Waals surface area contributed by atoms with Gasteiger partial charge in [0.05, 0.1) is 11.8 Å². The van der Waals surface area contributed by atoms with Gasteiger partial charge in [0.1, 0.15) is 5.82 Å². The van der Waals surface area contributed by atoms with Crippen LogP contribution in [0.15, 0.2) is 18.5 Å². The zero-order chi connectivity index (χ0) is 12.4. The number of nitrogens with zero attached hydrogens (tertiary/aromatic N) is 4. The van der Waals surface area contributed by atoms with E-state index >= 15 is 0 Å². The minimum Gasteiger partial charge on any atom is -0.383 e. The molecule has 6 nitrogen and oxygen atoms in total. The monoisotopic (exact) mass is 233 g/mol. The fraction of sp³-hybridized carbons (Fsp3) is 0.364. The van der Waals surface area contributed by atoms with Gasteiger partial charge in [-0.15, -0.1) is 0 Å². The fourth-order valence-corrected chi connectivity index (χ4v) is 1.68. The van der Waals surface area contributed by atoms with Crippen molar-refractivity contribution in [3.8, 4) is 0 Å². The number of Topliss-reactive ketones (excluding diaryl/α,β-unsaturated/α-hetero) is 1. The molecule has 0 saturated carbocycles. The first-order valence-electron chi connectivity index (χ1n) is 5.37. The summed E-state index contributed by atoms with van der Waals surface area (Å²) in [5.74, 6) is 0.428. The molecule has 2 heterocycles. The molecule has 17 heavy (non-hydrogen) atoms. The number of ketones is 1. The van der Waals surface area contributed by atoms with Gasteiger partial charge in [-0.1, -0.05) is 0 Å². The number of hydrogen-bond donors (Lipinski definition) is 1. The van der Waals surface area contributed by atoms with Crippen molar-refractivity contribution in [3.63, 3.8) is 0 Å². The molecule has 0 atom stereocenters. The second kappa shape index (κ2) is 4.40. The number of aromatic nitrogens is 4. The number of hydrogen-bond acceptors (Lipinski definition) is 4. The molecular formula is C11H15N5O. The third-order valence-corrected chi connectivity index (χ3v) is 2.82. The molecule has 0 amide bonds. The summed E-state index contributed by atoms with van der Waals surface area (Å²) in [7, 11) is 3.57. The first-order valence-corrected chi connectivity index (χ1v) is 5.37. The van der Waals surface area contributed by atoms with E-state index in [0.717, 1.165) is 5.69 Å². The van der Waals surface area contributed by atoms with E-state index in [1.807, 2.05) is 13.1 Å². The summed E-state index contributed by atoms with van der Waals surface area (Å²) in [6.07, 6.45) is 4.30. The van der Waals surface area contributed by atoms with Crippen molar-refractivity contribution in [2.75, 3.05) is 5.73 Å². The molecule has 0 bridgehead atoms. The molecule has 2 rings (SSSR count). The second-order valence-corrected chi connectivity index (χ2v) is 3.94. The van der Waals surface area contributed by atoms with Gasteiger partial charge in [0.25, 0.3) is 0 Å². The van der Waals surface area contributed by atoms with Crippen LogP contribution >= 0.6 is 0 Å². The van der Waals surface area contributed by atoms with Gasteiger partial charge in [0.2, 0.25) is 0 Å². The Morgan fingerprint density at radius 1 is 1.35 bits per heavy atom. The van der Waals surface area contributed by atoms with Crippen LogP contribution in [0.25, 0.3) is 0 Å². The van der Waals surface area contributed by atoms with Gasteiger partial charge < -0.3 is 5.73 Å². The summed E-state index contributed by atoms with van der Waals surface area (Å²) < 4.78 is 3.26. The molecule has 2 aromatic rings. The topological polar surface area (TPSA) is 78.7 Å². The van der Waals surface area contributed by atoms with Crippen LogP contribution in [0.4, 0.5) is 5.82 Å². The van der Waals surface area contributed by atoms with Crippen molar-refractivity contribution >= 4 is 11.6 Å². The fourth-order valence-electron chi connectivity index (χ4n) is 1.68. The van der Waals surface area contributed by atoms with E-state index in [-0.39, 0.29) is 5.78 Å². The van der Waals surface area contributed by atoms with E-state index in [1.54, 1.807) is 17.9 Å². The molecule has 0 radical (unpaired) electrons. The van der Waals surface area contributed by atoms with Crippen molar-refractivity contribution in [2.24, 2.45) is 14.1 Å². The first-order chi connectivity index (χ1) is 8.09. The smallest absolute Gasteiger partial charge is 0.168 e. The second-order valence-electron chi connectivity index (χ2n) is 3.94. The molecule has 90 valence electrons. The number of nitrogen functional groups attached to an aromatic ring is 1. The zero-order valence-corrected chi connectivity index (χ0v) is 9.92. The molecule has 6 heteroatoms. The number of carbonyl (C=O) groups is 1. The van der Waals surface area contributed by atoms with Crippen LogP contribution in [-0.4, -0.2) is 25.3 Å². The van der Waals surface area contributed by atoms with Crippen molar-refractivity contribution < 1.29 is 4.79 Å². The summed E-state index contributed by atoms with van der Waals surface area (Å²) in [6, 6.07) is 1.90. The van der Waals surface area contributed by atoms with Crippen LogP contribution in [0.3, 0.4) is 0 Å². The highest BCUT2D eigenvalue weighted by Crippen LogP contribution is 2.13. The Morgan fingerprint density at radius 2 is 2.12 bits per heavy atom. The van der Waals surface area contributed by atoms with E-state index in [0.29, 0.717) is 24.2 Å². The SMILES string of the molecule is Cn1nccc1CCC(=O)c1cnn(C)c1N. The normalized spacial score (nSPS) is 10.7. The van der Waals surface area contributed by atoms with Crippen LogP contribution in [0, 0.1) is 0 Å². The van der Waals surface area contributed by atoms with Crippen molar-refractivity contribution in [2.45, 2.75) is 12.8 Å². The summed E-state index contributed by atoms with van der Waals surface area (Å²) in [5.41, 5.74) is 7.27. The van der Waals surface area contributed by atoms with Crippen molar-refractivity contribution in [1.82, 2.24) is 19.6 Å². The zero-order valence-electron chi connectivity index (χ0n) is 9.92. The first kappa shape index (κ1) is 11.4. The minimum absolute atomic E-state index is 0.0109. The predicted molar refractivity (Wildman–Crippen MR) is 63.5 cm³/mol. The Hall–Kier alpha value is -2.11. The molecule has 0 saturated heterocycles. The average Bonchev–Trinajstić information content (AvgIpc) is 2.84. The predicted octanol–water partition coefficient (Wildman–Crippen LogP) is 0.551. The summed E-state index contributed by atoms with van der Waals surface area (Å²) in [6.45, 7) is 0. The molecule has 0 aromatic carbocycles. The van der Waals surface area contributed by atoms with E-state index in [2.05, 4.69) is 10.2 Å². The standard InChI is InChI=1S/C11H15N5O/c1-15-8(5-6-13-15)3-4-10(17)9-7-14-16(2)11(9)12/h5-7H,3-4,12H2,1-2H3. The lowest BCUT2D eigenvalue weighted by molar-refractivity contribution is 0.0983. The summed E-state index contributed by atoms with van der Waals surface area (Å²) >= 11 is 0. The van der Waals surface area contributed by atoms with Gasteiger partial charge in [-0.3, -0.25) is 14.2 Å². The van der Waals surface area contributed by atoms with Crippen LogP contribution in [0.5, 0.6) is 0 Å². The van der Waals surface area contributed by atoms with Crippen LogP contribution < -0.4 is 5.73 Å². The molecule has 0 aliphatic carbocycles. The Kier molecular flexibility index (Phi) is 2.95. The van der Waals surface area contributed by atoms with E-state index in [1.165, 1.54) is 10.9 Å². The van der Waals surface area contributed by atoms with Gasteiger partial charge in [-0.05, 0) is 12.5 Å². The third-order valence-electron chi connectivity index (χ3n) is 2.82. The van der Waals surface area contributed by atoms with E-state index in [9.17, 15) is 4.79 Å². The van der Waals surface area contributed by atoms with Gasteiger partial charge in [0, 0.05) is 32.4 Å². The van der Waals surface area contributed by atoms with Gasteiger partial charge in [0.15, 0.2) is 5.78 Å². The lowest BCUT2D eigenvalue weighted by atomic mass is 10.1. The number of nitrogens with two attached hydrogens (primary N) is 1. The Morgan fingerprint density at radius 3 is 2.65 bits per heavy atom. The number of carbonyl (C=O) groups excluding carboxylic acids is 1. The van der Waals surface area contributed by atoms with Gasteiger partial charge in [-0.2, -0.15) is 10.2 Å². The average molecular weight is 233 g/mol. The molecular weight excluding hydrogens is 218 g/mol. The van der Waals surface area contributed by atoms with Gasteiger partial charge >= 0.3 is 0 Å². The summed E-state index contributed by atoms with van der Waals surface area (Å²) in [5, 5.41) is 8.01. The largest absolute Gasteiger partial charge is 0.383 e. The molecule has 0 fully saturated rings. The van der Waals surface area contributed by atoms with Crippen molar-refractivity contribution in [1.29, 1.82) is 0 Å². The number of rotatable bonds is 4. The van der Waals surface area contributed by atoms with Gasteiger partial charge in [-0.25, -0.2) is 0 Å². The lowest BCUT2D eigenvalue weighted by Gasteiger charge is -2.01. The highest BCUT2D eigenvalue weighted by atomic mass is 16.1. The lowest BCUT2D eigenvalue weighted by Crippen LogP contribution is -2.07. The minimum atomic E-state index is 0.0109. The Balaban J connectivity index is 2.03. The van der Waals surface area contributed by atoms with Crippen LogP contribution in [-0.2, 0) is 20.5 Å². The summed E-state index contributed by atoms with van der Waals surface area (Å²) in [4.78, 5) is 11.9. The van der Waals surface area contributed by atoms with Crippen LogP contribution in [0.1, 0.15) is 22.5 Å².